The Morgan fingerprint density at radius 1 is 1.11 bits per heavy atom. The molecule has 2 fully saturated rings. The number of anilines is 1. The number of imidazole rings is 1. The minimum absolute atomic E-state index is 0.567. The molecule has 0 radical (unpaired) electrons. The standard InChI is InChI=1S/C16H23N3/c1-2-11-19-15(17)14(12-9-6-10-12)18-16(19)13-7-4-3-5-8-13/h1,12-13H,3-11,17H2. The number of nitrogen functional groups attached to an aromatic ring is 1. The molecule has 2 N–H and O–H groups in total. The van der Waals surface area contributed by atoms with Gasteiger partial charge in [-0.3, -0.25) is 0 Å². The molecule has 0 bridgehead atoms. The van der Waals surface area contributed by atoms with E-state index in [1.165, 1.54) is 51.4 Å². The summed E-state index contributed by atoms with van der Waals surface area (Å²) in [6, 6.07) is 0. The second kappa shape index (κ2) is 5.28. The molecule has 0 aliphatic heterocycles. The van der Waals surface area contributed by atoms with E-state index < -0.39 is 0 Å². The van der Waals surface area contributed by atoms with E-state index in [9.17, 15) is 0 Å². The molecule has 2 saturated carbocycles. The van der Waals surface area contributed by atoms with Gasteiger partial charge in [-0.1, -0.05) is 31.6 Å². The first-order valence-corrected chi connectivity index (χ1v) is 7.60. The lowest BCUT2D eigenvalue weighted by Crippen LogP contribution is -2.13. The van der Waals surface area contributed by atoms with Crippen LogP contribution in [0.1, 0.15) is 74.7 Å². The minimum Gasteiger partial charge on any atom is -0.384 e. The van der Waals surface area contributed by atoms with Crippen LogP contribution in [-0.2, 0) is 6.54 Å². The lowest BCUT2D eigenvalue weighted by Gasteiger charge is -2.24. The molecule has 0 saturated heterocycles. The van der Waals surface area contributed by atoms with Crippen LogP contribution in [0.25, 0.3) is 0 Å². The molecule has 2 aliphatic carbocycles. The fourth-order valence-corrected chi connectivity index (χ4v) is 3.41. The van der Waals surface area contributed by atoms with E-state index in [-0.39, 0.29) is 0 Å². The average Bonchev–Trinajstić information content (AvgIpc) is 2.68. The average molecular weight is 257 g/mol. The Morgan fingerprint density at radius 3 is 2.37 bits per heavy atom. The van der Waals surface area contributed by atoms with E-state index in [2.05, 4.69) is 10.5 Å². The van der Waals surface area contributed by atoms with Crippen molar-refractivity contribution in [3.63, 3.8) is 0 Å². The molecule has 19 heavy (non-hydrogen) atoms. The number of nitrogens with zero attached hydrogens (tertiary/aromatic N) is 2. The van der Waals surface area contributed by atoms with Crippen LogP contribution in [0.15, 0.2) is 0 Å². The molecule has 1 heterocycles. The van der Waals surface area contributed by atoms with Gasteiger partial charge in [0.15, 0.2) is 0 Å². The molecule has 3 rings (SSSR count). The lowest BCUT2D eigenvalue weighted by molar-refractivity contribution is 0.406. The first-order valence-electron chi connectivity index (χ1n) is 7.60. The zero-order chi connectivity index (χ0) is 13.2. The van der Waals surface area contributed by atoms with E-state index in [1.54, 1.807) is 0 Å². The second-order valence-electron chi connectivity index (χ2n) is 5.99. The molecule has 0 amide bonds. The third-order valence-electron chi connectivity index (χ3n) is 4.78. The maximum absolute atomic E-state index is 6.31. The summed E-state index contributed by atoms with van der Waals surface area (Å²) in [6.45, 7) is 0.567. The van der Waals surface area contributed by atoms with Gasteiger partial charge in [-0.05, 0) is 25.7 Å². The van der Waals surface area contributed by atoms with Gasteiger partial charge in [0.25, 0.3) is 0 Å². The largest absolute Gasteiger partial charge is 0.384 e. The van der Waals surface area contributed by atoms with Gasteiger partial charge in [0.1, 0.15) is 11.6 Å². The van der Waals surface area contributed by atoms with Crippen molar-refractivity contribution in [1.82, 2.24) is 9.55 Å². The second-order valence-corrected chi connectivity index (χ2v) is 5.99. The van der Waals surface area contributed by atoms with Crippen molar-refractivity contribution in [3.05, 3.63) is 11.5 Å². The Labute approximate surface area is 115 Å². The predicted octanol–water partition coefficient (Wildman–Crippen LogP) is 3.41. The number of rotatable bonds is 3. The van der Waals surface area contributed by atoms with Crippen molar-refractivity contribution in [2.45, 2.75) is 69.7 Å². The number of terminal acetylenes is 1. The monoisotopic (exact) mass is 257 g/mol. The maximum atomic E-state index is 6.31. The summed E-state index contributed by atoms with van der Waals surface area (Å²) >= 11 is 0. The van der Waals surface area contributed by atoms with Crippen LogP contribution in [0, 0.1) is 12.3 Å². The van der Waals surface area contributed by atoms with Gasteiger partial charge < -0.3 is 10.3 Å². The summed E-state index contributed by atoms with van der Waals surface area (Å²) in [4.78, 5) is 4.92. The Hall–Kier alpha value is -1.43. The number of hydrogen-bond donors (Lipinski definition) is 1. The van der Waals surface area contributed by atoms with E-state index in [1.807, 2.05) is 0 Å². The quantitative estimate of drug-likeness (QED) is 0.843. The molecule has 102 valence electrons. The molecule has 1 aromatic heterocycles. The van der Waals surface area contributed by atoms with Gasteiger partial charge in [-0.2, -0.15) is 0 Å². The van der Waals surface area contributed by atoms with Crippen molar-refractivity contribution in [1.29, 1.82) is 0 Å². The molecule has 0 atom stereocenters. The highest BCUT2D eigenvalue weighted by molar-refractivity contribution is 5.42. The summed E-state index contributed by atoms with van der Waals surface area (Å²) in [7, 11) is 0. The van der Waals surface area contributed by atoms with Crippen LogP contribution in [0.4, 0.5) is 5.82 Å². The van der Waals surface area contributed by atoms with Gasteiger partial charge in [-0.15, -0.1) is 6.42 Å². The molecule has 0 unspecified atom stereocenters. The normalized spacial score (nSPS) is 21.0. The van der Waals surface area contributed by atoms with Crippen LogP contribution in [0.5, 0.6) is 0 Å². The third-order valence-corrected chi connectivity index (χ3v) is 4.78. The van der Waals surface area contributed by atoms with Gasteiger partial charge in [0, 0.05) is 11.8 Å². The van der Waals surface area contributed by atoms with E-state index in [0.717, 1.165) is 17.3 Å². The molecule has 3 heteroatoms. The van der Waals surface area contributed by atoms with Gasteiger partial charge in [0.2, 0.25) is 0 Å². The van der Waals surface area contributed by atoms with Crippen molar-refractivity contribution >= 4 is 5.82 Å². The van der Waals surface area contributed by atoms with E-state index >= 15 is 0 Å². The zero-order valence-corrected chi connectivity index (χ0v) is 11.6. The molecule has 3 nitrogen and oxygen atoms in total. The first-order chi connectivity index (χ1) is 9.31. The van der Waals surface area contributed by atoms with E-state index in [0.29, 0.717) is 18.4 Å². The highest BCUT2D eigenvalue weighted by atomic mass is 15.1. The topological polar surface area (TPSA) is 43.8 Å². The van der Waals surface area contributed by atoms with Gasteiger partial charge >= 0.3 is 0 Å². The Bertz CT molecular complexity index is 485. The lowest BCUT2D eigenvalue weighted by atomic mass is 9.83. The molecule has 0 spiro atoms. The van der Waals surface area contributed by atoms with Crippen LogP contribution >= 0.6 is 0 Å². The highest BCUT2D eigenvalue weighted by Crippen LogP contribution is 2.41. The third kappa shape index (κ3) is 2.25. The minimum atomic E-state index is 0.567. The smallest absolute Gasteiger partial charge is 0.127 e. The Kier molecular flexibility index (Phi) is 3.50. The van der Waals surface area contributed by atoms with Gasteiger partial charge in [0.05, 0.1) is 12.2 Å². The van der Waals surface area contributed by atoms with Crippen LogP contribution in [0.3, 0.4) is 0 Å². The number of aromatic nitrogens is 2. The highest BCUT2D eigenvalue weighted by Gasteiger charge is 2.29. The van der Waals surface area contributed by atoms with Crippen LogP contribution in [-0.4, -0.2) is 9.55 Å². The fourth-order valence-electron chi connectivity index (χ4n) is 3.41. The molecule has 1 aromatic rings. The van der Waals surface area contributed by atoms with Crippen LogP contribution < -0.4 is 5.73 Å². The molecule has 0 aromatic carbocycles. The Morgan fingerprint density at radius 2 is 1.79 bits per heavy atom. The summed E-state index contributed by atoms with van der Waals surface area (Å²) in [5.41, 5.74) is 7.44. The molecular weight excluding hydrogens is 234 g/mol. The van der Waals surface area contributed by atoms with Gasteiger partial charge in [-0.25, -0.2) is 4.98 Å². The van der Waals surface area contributed by atoms with Crippen molar-refractivity contribution < 1.29 is 0 Å². The summed E-state index contributed by atoms with van der Waals surface area (Å²) in [6.07, 6.45) is 15.8. The summed E-state index contributed by atoms with van der Waals surface area (Å²) < 4.78 is 2.10. The Balaban J connectivity index is 1.94. The SMILES string of the molecule is C#CCn1c(C2CCCCC2)nc(C2CCC2)c1N. The maximum Gasteiger partial charge on any atom is 0.127 e. The van der Waals surface area contributed by atoms with Crippen molar-refractivity contribution in [3.8, 4) is 12.3 Å². The zero-order valence-electron chi connectivity index (χ0n) is 11.6. The van der Waals surface area contributed by atoms with E-state index in [4.69, 9.17) is 17.1 Å². The number of hydrogen-bond acceptors (Lipinski definition) is 2. The summed E-state index contributed by atoms with van der Waals surface area (Å²) in [5.74, 6) is 5.89. The van der Waals surface area contributed by atoms with Crippen molar-refractivity contribution in [2.24, 2.45) is 0 Å². The van der Waals surface area contributed by atoms with Crippen molar-refractivity contribution in [2.75, 3.05) is 5.73 Å². The fraction of sp³-hybridized carbons (Fsp3) is 0.688. The number of nitrogens with two attached hydrogens (primary N) is 1. The molecule has 2 aliphatic rings. The first kappa shape index (κ1) is 12.6. The van der Waals surface area contributed by atoms with Crippen LogP contribution in [0.2, 0.25) is 0 Å². The predicted molar refractivity (Wildman–Crippen MR) is 77.9 cm³/mol. The molecular formula is C16H23N3. The summed E-state index contributed by atoms with van der Waals surface area (Å²) in [5, 5.41) is 0.